The number of anilines is 2. The fraction of sp³-hybridized carbons (Fsp3) is 0.588. The second-order valence-electron chi connectivity index (χ2n) is 6.65. The van der Waals surface area contributed by atoms with Crippen molar-refractivity contribution in [2.75, 3.05) is 30.4 Å². The number of carbonyl (C=O) groups is 1. The molecule has 1 aromatic rings. The summed E-state index contributed by atoms with van der Waals surface area (Å²) in [6.45, 7) is 6.69. The van der Waals surface area contributed by atoms with Crippen LogP contribution in [0.3, 0.4) is 0 Å². The standard InChI is InChI=1S/C17H25FN2O3/c1-17(2,3)23-16(21)19-13-6-5-7-14(15(13)22-4)20-10-8-12(18)9-11-20/h5-7,12H,8-11H2,1-4H3,(H,19,21). The second kappa shape index (κ2) is 7.06. The van der Waals surface area contributed by atoms with Crippen molar-refractivity contribution < 1.29 is 18.7 Å². The van der Waals surface area contributed by atoms with Gasteiger partial charge in [-0.15, -0.1) is 0 Å². The number of nitrogens with zero attached hydrogens (tertiary/aromatic N) is 1. The van der Waals surface area contributed by atoms with E-state index in [9.17, 15) is 9.18 Å². The van der Waals surface area contributed by atoms with Crippen molar-refractivity contribution in [3.63, 3.8) is 0 Å². The van der Waals surface area contributed by atoms with Crippen LogP contribution >= 0.6 is 0 Å². The van der Waals surface area contributed by atoms with Crippen LogP contribution in [0.4, 0.5) is 20.6 Å². The topological polar surface area (TPSA) is 50.8 Å². The monoisotopic (exact) mass is 324 g/mol. The summed E-state index contributed by atoms with van der Waals surface area (Å²) in [5, 5.41) is 2.72. The lowest BCUT2D eigenvalue weighted by Crippen LogP contribution is -2.34. The first-order valence-electron chi connectivity index (χ1n) is 7.86. The molecule has 0 bridgehead atoms. The van der Waals surface area contributed by atoms with Gasteiger partial charge >= 0.3 is 6.09 Å². The zero-order chi connectivity index (χ0) is 17.0. The summed E-state index contributed by atoms with van der Waals surface area (Å²) >= 11 is 0. The van der Waals surface area contributed by atoms with E-state index in [2.05, 4.69) is 10.2 Å². The van der Waals surface area contributed by atoms with Crippen LogP contribution in [-0.4, -0.2) is 38.1 Å². The highest BCUT2D eigenvalue weighted by molar-refractivity contribution is 5.89. The Morgan fingerprint density at radius 2 is 1.96 bits per heavy atom. The number of hydrogen-bond acceptors (Lipinski definition) is 4. The van der Waals surface area contributed by atoms with Crippen molar-refractivity contribution in [3.05, 3.63) is 18.2 Å². The van der Waals surface area contributed by atoms with Gasteiger partial charge in [0.1, 0.15) is 11.8 Å². The molecule has 1 aliphatic heterocycles. The van der Waals surface area contributed by atoms with Crippen LogP contribution in [0.2, 0.25) is 0 Å². The molecule has 0 unspecified atom stereocenters. The summed E-state index contributed by atoms with van der Waals surface area (Å²) in [6, 6.07) is 5.51. The fourth-order valence-corrected chi connectivity index (χ4v) is 2.59. The van der Waals surface area contributed by atoms with Gasteiger partial charge in [-0.3, -0.25) is 5.32 Å². The molecule has 128 valence electrons. The molecule has 1 saturated heterocycles. The highest BCUT2D eigenvalue weighted by Gasteiger charge is 2.23. The van der Waals surface area contributed by atoms with Crippen LogP contribution in [0.1, 0.15) is 33.6 Å². The summed E-state index contributed by atoms with van der Waals surface area (Å²) in [5.41, 5.74) is 0.826. The molecule has 0 saturated carbocycles. The number of hydrogen-bond donors (Lipinski definition) is 1. The van der Waals surface area contributed by atoms with Gasteiger partial charge in [0.2, 0.25) is 0 Å². The van der Waals surface area contributed by atoms with Gasteiger partial charge in [0.25, 0.3) is 0 Å². The molecule has 1 aromatic carbocycles. The van der Waals surface area contributed by atoms with Crippen molar-refractivity contribution in [1.82, 2.24) is 0 Å². The van der Waals surface area contributed by atoms with E-state index >= 15 is 0 Å². The summed E-state index contributed by atoms with van der Waals surface area (Å²) in [7, 11) is 1.56. The van der Waals surface area contributed by atoms with E-state index in [1.165, 1.54) is 0 Å². The van der Waals surface area contributed by atoms with E-state index in [4.69, 9.17) is 9.47 Å². The Morgan fingerprint density at radius 1 is 1.30 bits per heavy atom. The number of alkyl halides is 1. The molecule has 0 aliphatic carbocycles. The lowest BCUT2D eigenvalue weighted by atomic mass is 10.1. The third-order valence-electron chi connectivity index (χ3n) is 3.60. The molecule has 2 rings (SSSR count). The van der Waals surface area contributed by atoms with Crippen molar-refractivity contribution in [2.45, 2.75) is 45.4 Å². The minimum Gasteiger partial charge on any atom is -0.492 e. The van der Waals surface area contributed by atoms with Gasteiger partial charge in [-0.25, -0.2) is 9.18 Å². The maximum Gasteiger partial charge on any atom is 0.412 e. The molecular formula is C17H25FN2O3. The lowest BCUT2D eigenvalue weighted by molar-refractivity contribution is 0.0635. The van der Waals surface area contributed by atoms with Crippen LogP contribution in [0, 0.1) is 0 Å². The average molecular weight is 324 g/mol. The number of nitrogens with one attached hydrogen (secondary N) is 1. The maximum atomic E-state index is 13.3. The number of ether oxygens (including phenoxy) is 2. The molecule has 1 N–H and O–H groups in total. The van der Waals surface area contributed by atoms with Crippen molar-refractivity contribution in [1.29, 1.82) is 0 Å². The summed E-state index contributed by atoms with van der Waals surface area (Å²) < 4.78 is 24.1. The normalized spacial score (nSPS) is 16.1. The molecule has 5 nitrogen and oxygen atoms in total. The Hall–Kier alpha value is -1.98. The van der Waals surface area contributed by atoms with E-state index in [0.29, 0.717) is 37.4 Å². The fourth-order valence-electron chi connectivity index (χ4n) is 2.59. The zero-order valence-corrected chi connectivity index (χ0v) is 14.2. The number of halogens is 1. The largest absolute Gasteiger partial charge is 0.492 e. The molecule has 0 aromatic heterocycles. The van der Waals surface area contributed by atoms with Crippen molar-refractivity contribution in [2.24, 2.45) is 0 Å². The Kier molecular flexibility index (Phi) is 5.34. The Labute approximate surface area is 136 Å². The van der Waals surface area contributed by atoms with E-state index in [-0.39, 0.29) is 0 Å². The highest BCUT2D eigenvalue weighted by atomic mass is 19.1. The van der Waals surface area contributed by atoms with E-state index < -0.39 is 17.9 Å². The Balaban J connectivity index is 2.18. The van der Waals surface area contributed by atoms with E-state index in [1.807, 2.05) is 12.1 Å². The molecule has 0 radical (unpaired) electrons. The van der Waals surface area contributed by atoms with Gasteiger partial charge in [-0.1, -0.05) is 6.07 Å². The summed E-state index contributed by atoms with van der Waals surface area (Å²) in [4.78, 5) is 14.1. The predicted octanol–water partition coefficient (Wildman–Crippen LogP) is 3.98. The van der Waals surface area contributed by atoms with Gasteiger partial charge in [0.05, 0.1) is 18.5 Å². The van der Waals surface area contributed by atoms with Crippen LogP contribution in [0.25, 0.3) is 0 Å². The number of piperidine rings is 1. The molecule has 1 fully saturated rings. The van der Waals surface area contributed by atoms with Crippen LogP contribution < -0.4 is 15.0 Å². The quantitative estimate of drug-likeness (QED) is 0.913. The van der Waals surface area contributed by atoms with E-state index in [1.54, 1.807) is 33.9 Å². The maximum absolute atomic E-state index is 13.3. The molecule has 6 heteroatoms. The number of benzene rings is 1. The van der Waals surface area contributed by atoms with Crippen LogP contribution in [-0.2, 0) is 4.74 Å². The van der Waals surface area contributed by atoms with Crippen molar-refractivity contribution >= 4 is 17.5 Å². The number of rotatable bonds is 3. The van der Waals surface area contributed by atoms with Gasteiger partial charge in [0.15, 0.2) is 5.75 Å². The predicted molar refractivity (Wildman–Crippen MR) is 89.2 cm³/mol. The number of methoxy groups -OCH3 is 1. The highest BCUT2D eigenvalue weighted by Crippen LogP contribution is 2.37. The number of carbonyl (C=O) groups excluding carboxylic acids is 1. The first-order chi connectivity index (χ1) is 10.8. The van der Waals surface area contributed by atoms with E-state index in [0.717, 1.165) is 5.69 Å². The van der Waals surface area contributed by atoms with Crippen LogP contribution in [0.5, 0.6) is 5.75 Å². The first-order valence-corrected chi connectivity index (χ1v) is 7.86. The molecule has 0 spiro atoms. The Morgan fingerprint density at radius 3 is 2.52 bits per heavy atom. The Bertz CT molecular complexity index is 549. The first kappa shape index (κ1) is 17.4. The SMILES string of the molecule is COc1c(NC(=O)OC(C)(C)C)cccc1N1CCC(F)CC1. The third kappa shape index (κ3) is 4.74. The molecule has 1 amide bonds. The van der Waals surface area contributed by atoms with Crippen LogP contribution in [0.15, 0.2) is 18.2 Å². The molecule has 1 heterocycles. The molecule has 1 aliphatic rings. The van der Waals surface area contributed by atoms with Gasteiger partial charge in [-0.2, -0.15) is 0 Å². The van der Waals surface area contributed by atoms with Gasteiger partial charge in [0, 0.05) is 13.1 Å². The molecule has 0 atom stereocenters. The summed E-state index contributed by atoms with van der Waals surface area (Å²) in [6.07, 6.45) is -0.254. The average Bonchev–Trinajstić information content (AvgIpc) is 2.46. The van der Waals surface area contributed by atoms with Gasteiger partial charge in [-0.05, 0) is 45.7 Å². The number of amides is 1. The number of para-hydroxylation sites is 1. The minimum absolute atomic E-state index is 0.507. The molecule has 23 heavy (non-hydrogen) atoms. The molecular weight excluding hydrogens is 299 g/mol. The zero-order valence-electron chi connectivity index (χ0n) is 14.2. The van der Waals surface area contributed by atoms with Gasteiger partial charge < -0.3 is 14.4 Å². The summed E-state index contributed by atoms with van der Waals surface area (Å²) in [5.74, 6) is 0.565. The van der Waals surface area contributed by atoms with Crippen molar-refractivity contribution in [3.8, 4) is 5.75 Å². The smallest absolute Gasteiger partial charge is 0.412 e. The lowest BCUT2D eigenvalue weighted by Gasteiger charge is -2.32. The minimum atomic E-state index is -0.736. The third-order valence-corrected chi connectivity index (χ3v) is 3.60. The second-order valence-corrected chi connectivity index (χ2v) is 6.65.